The van der Waals surface area contributed by atoms with E-state index in [2.05, 4.69) is 0 Å². The van der Waals surface area contributed by atoms with E-state index in [4.69, 9.17) is 4.74 Å². The van der Waals surface area contributed by atoms with Gasteiger partial charge >= 0.3 is 0 Å². The number of ether oxygens (including phenoxy) is 1. The quantitative estimate of drug-likeness (QED) is 0.567. The SMILES string of the molecule is CC=COCC1CCCCC1. The second-order valence-electron chi connectivity index (χ2n) is 3.31. The van der Waals surface area contributed by atoms with Crippen molar-refractivity contribution in [2.75, 3.05) is 6.61 Å². The number of hydrogen-bond donors (Lipinski definition) is 0. The summed E-state index contributed by atoms with van der Waals surface area (Å²) in [6.07, 6.45) is 10.7. The number of hydrogen-bond acceptors (Lipinski definition) is 1. The van der Waals surface area contributed by atoms with Crippen LogP contribution in [0.4, 0.5) is 0 Å². The van der Waals surface area contributed by atoms with Crippen LogP contribution in [0.1, 0.15) is 39.0 Å². The van der Waals surface area contributed by atoms with Crippen LogP contribution < -0.4 is 0 Å². The van der Waals surface area contributed by atoms with Crippen molar-refractivity contribution in [3.8, 4) is 0 Å². The maximum Gasteiger partial charge on any atom is 0.0901 e. The van der Waals surface area contributed by atoms with Crippen molar-refractivity contribution in [1.29, 1.82) is 0 Å². The summed E-state index contributed by atoms with van der Waals surface area (Å²) in [7, 11) is 0. The van der Waals surface area contributed by atoms with Gasteiger partial charge in [-0.05, 0) is 25.7 Å². The highest BCUT2D eigenvalue weighted by atomic mass is 16.5. The summed E-state index contributed by atoms with van der Waals surface area (Å²) in [6.45, 7) is 2.92. The molecule has 0 aliphatic heterocycles. The predicted octanol–water partition coefficient (Wildman–Crippen LogP) is 3.12. The third-order valence-corrected chi connectivity index (χ3v) is 2.29. The molecule has 0 amide bonds. The third kappa shape index (κ3) is 3.45. The van der Waals surface area contributed by atoms with Gasteiger partial charge < -0.3 is 4.74 Å². The summed E-state index contributed by atoms with van der Waals surface area (Å²) in [5, 5.41) is 0. The Morgan fingerprint density at radius 1 is 1.27 bits per heavy atom. The molecule has 0 saturated heterocycles. The Bertz CT molecular complexity index is 112. The first-order valence-electron chi connectivity index (χ1n) is 4.66. The molecule has 0 spiro atoms. The smallest absolute Gasteiger partial charge is 0.0901 e. The van der Waals surface area contributed by atoms with Gasteiger partial charge in [-0.25, -0.2) is 0 Å². The molecule has 1 nitrogen and oxygen atoms in total. The Hall–Kier alpha value is -0.460. The minimum absolute atomic E-state index is 0.833. The second kappa shape index (κ2) is 5.22. The molecule has 0 radical (unpaired) electrons. The fraction of sp³-hybridized carbons (Fsp3) is 0.800. The maximum atomic E-state index is 5.34. The van der Waals surface area contributed by atoms with Gasteiger partial charge in [0, 0.05) is 0 Å². The van der Waals surface area contributed by atoms with E-state index in [1.165, 1.54) is 32.1 Å². The molecular formula is C10H18O. The lowest BCUT2D eigenvalue weighted by Crippen LogP contribution is -2.11. The zero-order valence-electron chi connectivity index (χ0n) is 7.38. The summed E-state index contributed by atoms with van der Waals surface area (Å²) in [5.41, 5.74) is 0. The van der Waals surface area contributed by atoms with Crippen molar-refractivity contribution in [1.82, 2.24) is 0 Å². The average Bonchev–Trinajstić information content (AvgIpc) is 2.07. The lowest BCUT2D eigenvalue weighted by atomic mass is 9.90. The molecule has 0 bridgehead atoms. The van der Waals surface area contributed by atoms with E-state index < -0.39 is 0 Å². The van der Waals surface area contributed by atoms with Gasteiger partial charge in [0.2, 0.25) is 0 Å². The van der Waals surface area contributed by atoms with E-state index >= 15 is 0 Å². The Kier molecular flexibility index (Phi) is 4.10. The highest BCUT2D eigenvalue weighted by Gasteiger charge is 2.12. The van der Waals surface area contributed by atoms with Crippen LogP contribution in [0.15, 0.2) is 12.3 Å². The summed E-state index contributed by atoms with van der Waals surface area (Å²) in [5.74, 6) is 0.833. The summed E-state index contributed by atoms with van der Waals surface area (Å²) in [6, 6.07) is 0. The van der Waals surface area contributed by atoms with Gasteiger partial charge in [-0.1, -0.05) is 25.3 Å². The maximum absolute atomic E-state index is 5.34. The van der Waals surface area contributed by atoms with E-state index in [1.54, 1.807) is 6.26 Å². The van der Waals surface area contributed by atoms with Crippen LogP contribution in [-0.2, 0) is 4.74 Å². The van der Waals surface area contributed by atoms with E-state index in [-0.39, 0.29) is 0 Å². The molecule has 0 aromatic heterocycles. The standard InChI is InChI=1S/C10H18O/c1-2-8-11-9-10-6-4-3-5-7-10/h2,8,10H,3-7,9H2,1H3. The molecule has 0 atom stereocenters. The van der Waals surface area contributed by atoms with E-state index in [0.29, 0.717) is 0 Å². The van der Waals surface area contributed by atoms with Crippen LogP contribution in [-0.4, -0.2) is 6.61 Å². The molecule has 0 heterocycles. The molecule has 1 aliphatic rings. The molecule has 64 valence electrons. The van der Waals surface area contributed by atoms with Crippen LogP contribution in [0.25, 0.3) is 0 Å². The number of rotatable bonds is 3. The number of allylic oxidation sites excluding steroid dienone is 1. The van der Waals surface area contributed by atoms with Crippen LogP contribution in [0.3, 0.4) is 0 Å². The fourth-order valence-corrected chi connectivity index (χ4v) is 1.64. The van der Waals surface area contributed by atoms with Gasteiger partial charge in [-0.2, -0.15) is 0 Å². The molecule has 0 N–H and O–H groups in total. The van der Waals surface area contributed by atoms with Gasteiger partial charge in [0.15, 0.2) is 0 Å². The minimum atomic E-state index is 0.833. The van der Waals surface area contributed by atoms with Gasteiger partial charge in [0.1, 0.15) is 0 Å². The zero-order valence-corrected chi connectivity index (χ0v) is 7.38. The molecule has 0 aromatic rings. The Morgan fingerprint density at radius 3 is 2.64 bits per heavy atom. The van der Waals surface area contributed by atoms with Crippen molar-refractivity contribution < 1.29 is 4.74 Å². The van der Waals surface area contributed by atoms with Crippen molar-refractivity contribution in [3.05, 3.63) is 12.3 Å². The highest BCUT2D eigenvalue weighted by molar-refractivity contribution is 4.69. The normalized spacial score (nSPS) is 20.8. The molecule has 1 heteroatoms. The lowest BCUT2D eigenvalue weighted by Gasteiger charge is -2.20. The average molecular weight is 154 g/mol. The summed E-state index contributed by atoms with van der Waals surface area (Å²) >= 11 is 0. The van der Waals surface area contributed by atoms with Gasteiger partial charge in [0.05, 0.1) is 12.9 Å². The molecule has 11 heavy (non-hydrogen) atoms. The molecule has 1 fully saturated rings. The van der Waals surface area contributed by atoms with Crippen LogP contribution in [0, 0.1) is 5.92 Å². The second-order valence-corrected chi connectivity index (χ2v) is 3.31. The topological polar surface area (TPSA) is 9.23 Å². The summed E-state index contributed by atoms with van der Waals surface area (Å²) in [4.78, 5) is 0. The Morgan fingerprint density at radius 2 is 2.00 bits per heavy atom. The van der Waals surface area contributed by atoms with Crippen LogP contribution >= 0.6 is 0 Å². The van der Waals surface area contributed by atoms with Crippen molar-refractivity contribution in [2.45, 2.75) is 39.0 Å². The first kappa shape index (κ1) is 8.63. The van der Waals surface area contributed by atoms with E-state index in [9.17, 15) is 0 Å². The van der Waals surface area contributed by atoms with Crippen LogP contribution in [0.2, 0.25) is 0 Å². The monoisotopic (exact) mass is 154 g/mol. The molecule has 1 aliphatic carbocycles. The zero-order chi connectivity index (χ0) is 7.94. The van der Waals surface area contributed by atoms with Gasteiger partial charge in [-0.3, -0.25) is 0 Å². The minimum Gasteiger partial charge on any atom is -0.501 e. The molecule has 0 aromatic carbocycles. The van der Waals surface area contributed by atoms with E-state index in [0.717, 1.165) is 12.5 Å². The van der Waals surface area contributed by atoms with Crippen LogP contribution in [0.5, 0.6) is 0 Å². The first-order chi connectivity index (χ1) is 5.43. The largest absolute Gasteiger partial charge is 0.501 e. The molecular weight excluding hydrogens is 136 g/mol. The Labute approximate surface area is 69.4 Å². The van der Waals surface area contributed by atoms with E-state index in [1.807, 2.05) is 13.0 Å². The highest BCUT2D eigenvalue weighted by Crippen LogP contribution is 2.23. The third-order valence-electron chi connectivity index (χ3n) is 2.29. The van der Waals surface area contributed by atoms with Gasteiger partial charge in [-0.15, -0.1) is 0 Å². The van der Waals surface area contributed by atoms with Crippen molar-refractivity contribution in [2.24, 2.45) is 5.92 Å². The van der Waals surface area contributed by atoms with Gasteiger partial charge in [0.25, 0.3) is 0 Å². The van der Waals surface area contributed by atoms with Crippen molar-refractivity contribution >= 4 is 0 Å². The fourth-order valence-electron chi connectivity index (χ4n) is 1.64. The molecule has 1 saturated carbocycles. The summed E-state index contributed by atoms with van der Waals surface area (Å²) < 4.78 is 5.34. The molecule has 0 unspecified atom stereocenters. The molecule has 1 rings (SSSR count). The van der Waals surface area contributed by atoms with Crippen molar-refractivity contribution in [3.63, 3.8) is 0 Å². The Balaban J connectivity index is 2.04. The first-order valence-corrected chi connectivity index (χ1v) is 4.66. The predicted molar refractivity (Wildman–Crippen MR) is 47.3 cm³/mol. The lowest BCUT2D eigenvalue weighted by molar-refractivity contribution is 0.165.